The van der Waals surface area contributed by atoms with Gasteiger partial charge in [-0.15, -0.1) is 0 Å². The van der Waals surface area contributed by atoms with Crippen LogP contribution in [-0.2, 0) is 9.53 Å². The van der Waals surface area contributed by atoms with E-state index in [9.17, 15) is 10.1 Å². The summed E-state index contributed by atoms with van der Waals surface area (Å²) in [6, 6.07) is 4.12. The number of hydrogen-bond donors (Lipinski definition) is 0. The summed E-state index contributed by atoms with van der Waals surface area (Å²) in [5.41, 5.74) is 1.58. The zero-order valence-corrected chi connectivity index (χ0v) is 16.2. The minimum absolute atomic E-state index is 0.196. The van der Waals surface area contributed by atoms with Gasteiger partial charge in [-0.25, -0.2) is 4.98 Å². The Hall–Kier alpha value is -2.33. The smallest absolute Gasteiger partial charge is 0.233 e. The Morgan fingerprint density at radius 1 is 1.30 bits per heavy atom. The molecule has 1 aromatic rings. The Bertz CT molecular complexity index is 708. The number of aromatic nitrogens is 1. The molecule has 0 bridgehead atoms. The van der Waals surface area contributed by atoms with Crippen LogP contribution in [0.2, 0.25) is 0 Å². The van der Waals surface area contributed by atoms with Gasteiger partial charge in [0.2, 0.25) is 11.8 Å². The number of piperidine rings is 2. The van der Waals surface area contributed by atoms with Crippen molar-refractivity contribution in [2.24, 2.45) is 5.41 Å². The standard InChI is InChI=1S/C20H28N4O3/c1-26-13-3-10-24-15-20(6-4-18(24)25)7-11-23(12-8-20)17-5-9-22-19(27-2)16(17)14-21/h5,9H,3-4,6-8,10-13,15H2,1-2H3. The van der Waals surface area contributed by atoms with E-state index >= 15 is 0 Å². The summed E-state index contributed by atoms with van der Waals surface area (Å²) < 4.78 is 10.4. The summed E-state index contributed by atoms with van der Waals surface area (Å²) in [7, 11) is 3.23. The second-order valence-corrected chi connectivity index (χ2v) is 7.47. The fourth-order valence-electron chi connectivity index (χ4n) is 4.29. The molecule has 2 aliphatic heterocycles. The SMILES string of the molecule is COCCCN1CC2(CCC1=O)CCN(c1ccnc(OC)c1C#N)CC2. The van der Waals surface area contributed by atoms with E-state index in [1.54, 1.807) is 13.3 Å². The van der Waals surface area contributed by atoms with E-state index in [0.29, 0.717) is 24.5 Å². The van der Waals surface area contributed by atoms with Crippen molar-refractivity contribution in [3.05, 3.63) is 17.8 Å². The summed E-state index contributed by atoms with van der Waals surface area (Å²) in [6.07, 6.45) is 6.22. The van der Waals surface area contributed by atoms with Gasteiger partial charge in [-0.3, -0.25) is 4.79 Å². The highest BCUT2D eigenvalue weighted by molar-refractivity contribution is 5.77. The number of likely N-dealkylation sites (tertiary alicyclic amines) is 1. The lowest BCUT2D eigenvalue weighted by molar-refractivity contribution is -0.138. The molecule has 7 nitrogen and oxygen atoms in total. The lowest BCUT2D eigenvalue weighted by atomic mass is 9.72. The molecular weight excluding hydrogens is 344 g/mol. The van der Waals surface area contributed by atoms with Crippen LogP contribution in [0.5, 0.6) is 5.88 Å². The van der Waals surface area contributed by atoms with Gasteiger partial charge in [0.1, 0.15) is 11.6 Å². The second kappa shape index (κ2) is 8.57. The van der Waals surface area contributed by atoms with Crippen molar-refractivity contribution in [2.75, 3.05) is 51.9 Å². The Morgan fingerprint density at radius 2 is 2.07 bits per heavy atom. The summed E-state index contributed by atoms with van der Waals surface area (Å²) >= 11 is 0. The summed E-state index contributed by atoms with van der Waals surface area (Å²) in [6.45, 7) is 4.06. The fourth-order valence-corrected chi connectivity index (χ4v) is 4.29. The molecular formula is C20H28N4O3. The predicted molar refractivity (Wildman–Crippen MR) is 102 cm³/mol. The highest BCUT2D eigenvalue weighted by Gasteiger charge is 2.41. The zero-order valence-electron chi connectivity index (χ0n) is 16.2. The Morgan fingerprint density at radius 3 is 2.74 bits per heavy atom. The number of ether oxygens (including phenoxy) is 2. The highest BCUT2D eigenvalue weighted by Crippen LogP contribution is 2.42. The van der Waals surface area contributed by atoms with Gasteiger partial charge < -0.3 is 19.3 Å². The number of methoxy groups -OCH3 is 2. The number of anilines is 1. The van der Waals surface area contributed by atoms with Gasteiger partial charge >= 0.3 is 0 Å². The van der Waals surface area contributed by atoms with E-state index < -0.39 is 0 Å². The van der Waals surface area contributed by atoms with Crippen LogP contribution in [0.1, 0.15) is 37.7 Å². The number of nitrogens with zero attached hydrogens (tertiary/aromatic N) is 4. The molecule has 0 N–H and O–H groups in total. The maximum absolute atomic E-state index is 12.3. The third kappa shape index (κ3) is 4.16. The van der Waals surface area contributed by atoms with Crippen LogP contribution in [0, 0.1) is 16.7 Å². The molecule has 146 valence electrons. The van der Waals surface area contributed by atoms with Gasteiger partial charge in [-0.2, -0.15) is 5.26 Å². The number of pyridine rings is 1. The number of amides is 1. The van der Waals surface area contributed by atoms with Crippen LogP contribution in [0.3, 0.4) is 0 Å². The Balaban J connectivity index is 1.66. The van der Waals surface area contributed by atoms with E-state index in [-0.39, 0.29) is 11.3 Å². The van der Waals surface area contributed by atoms with Crippen LogP contribution in [0.15, 0.2) is 12.3 Å². The first kappa shape index (κ1) is 19.4. The van der Waals surface area contributed by atoms with E-state index in [4.69, 9.17) is 9.47 Å². The Labute approximate surface area is 160 Å². The minimum atomic E-state index is 0.196. The van der Waals surface area contributed by atoms with Crippen molar-refractivity contribution in [2.45, 2.75) is 32.1 Å². The molecule has 27 heavy (non-hydrogen) atoms. The van der Waals surface area contributed by atoms with E-state index in [2.05, 4.69) is 16.0 Å². The van der Waals surface area contributed by atoms with Crippen LogP contribution < -0.4 is 9.64 Å². The first-order chi connectivity index (χ1) is 13.1. The van der Waals surface area contributed by atoms with Crippen LogP contribution >= 0.6 is 0 Å². The maximum atomic E-state index is 12.3. The van der Waals surface area contributed by atoms with Crippen molar-refractivity contribution in [3.8, 4) is 11.9 Å². The van der Waals surface area contributed by atoms with Gasteiger partial charge in [0.05, 0.1) is 12.8 Å². The van der Waals surface area contributed by atoms with Gasteiger partial charge in [-0.1, -0.05) is 0 Å². The molecule has 1 amide bonds. The molecule has 1 spiro atoms. The average molecular weight is 372 g/mol. The van der Waals surface area contributed by atoms with Crippen molar-refractivity contribution in [1.29, 1.82) is 5.26 Å². The predicted octanol–water partition coefficient (Wildman–Crippen LogP) is 2.21. The lowest BCUT2D eigenvalue weighted by Gasteiger charge is -2.48. The van der Waals surface area contributed by atoms with Crippen molar-refractivity contribution >= 4 is 11.6 Å². The van der Waals surface area contributed by atoms with E-state index in [0.717, 1.165) is 57.5 Å². The molecule has 2 aliphatic rings. The van der Waals surface area contributed by atoms with E-state index in [1.807, 2.05) is 11.0 Å². The molecule has 2 saturated heterocycles. The van der Waals surface area contributed by atoms with Crippen LogP contribution in [0.4, 0.5) is 5.69 Å². The number of carbonyl (C=O) groups is 1. The second-order valence-electron chi connectivity index (χ2n) is 7.47. The Kier molecular flexibility index (Phi) is 6.17. The largest absolute Gasteiger partial charge is 0.480 e. The molecule has 2 fully saturated rings. The van der Waals surface area contributed by atoms with Gasteiger partial charge in [0.15, 0.2) is 0 Å². The molecule has 0 aromatic carbocycles. The number of carbonyl (C=O) groups excluding carboxylic acids is 1. The monoisotopic (exact) mass is 372 g/mol. The quantitative estimate of drug-likeness (QED) is 0.713. The molecule has 3 heterocycles. The normalized spacial score (nSPS) is 19.2. The first-order valence-corrected chi connectivity index (χ1v) is 9.57. The molecule has 0 radical (unpaired) electrons. The van der Waals surface area contributed by atoms with Crippen LogP contribution in [0.25, 0.3) is 0 Å². The minimum Gasteiger partial charge on any atom is -0.480 e. The molecule has 0 atom stereocenters. The molecule has 1 aromatic heterocycles. The van der Waals surface area contributed by atoms with Gasteiger partial charge in [0.25, 0.3) is 0 Å². The molecule has 3 rings (SSSR count). The third-order valence-corrected chi connectivity index (χ3v) is 5.89. The van der Waals surface area contributed by atoms with E-state index in [1.165, 1.54) is 7.11 Å². The van der Waals surface area contributed by atoms with Gasteiger partial charge in [-0.05, 0) is 37.2 Å². The van der Waals surface area contributed by atoms with Gasteiger partial charge in [0, 0.05) is 52.5 Å². The topological polar surface area (TPSA) is 78.7 Å². The summed E-state index contributed by atoms with van der Waals surface area (Å²) in [5, 5.41) is 9.52. The van der Waals surface area contributed by atoms with Crippen molar-refractivity contribution in [1.82, 2.24) is 9.88 Å². The highest BCUT2D eigenvalue weighted by atomic mass is 16.5. The van der Waals surface area contributed by atoms with Crippen molar-refractivity contribution in [3.63, 3.8) is 0 Å². The van der Waals surface area contributed by atoms with Crippen molar-refractivity contribution < 1.29 is 14.3 Å². The maximum Gasteiger partial charge on any atom is 0.233 e. The number of hydrogen-bond acceptors (Lipinski definition) is 6. The molecule has 0 aliphatic carbocycles. The summed E-state index contributed by atoms with van der Waals surface area (Å²) in [5.74, 6) is 0.646. The summed E-state index contributed by atoms with van der Waals surface area (Å²) in [4.78, 5) is 20.7. The fraction of sp³-hybridized carbons (Fsp3) is 0.650. The molecule has 0 unspecified atom stereocenters. The molecule has 0 saturated carbocycles. The third-order valence-electron chi connectivity index (χ3n) is 5.89. The van der Waals surface area contributed by atoms with Crippen LogP contribution in [-0.4, -0.2) is 62.8 Å². The average Bonchev–Trinajstić information content (AvgIpc) is 2.71. The first-order valence-electron chi connectivity index (χ1n) is 9.57. The number of rotatable bonds is 6. The lowest BCUT2D eigenvalue weighted by Crippen LogP contribution is -2.51. The number of nitriles is 1. The molecule has 7 heteroatoms. The zero-order chi connectivity index (χ0) is 19.3.